The first-order chi connectivity index (χ1) is 10.2. The number of halogens is 2. The van der Waals surface area contributed by atoms with Gasteiger partial charge >= 0.3 is 0 Å². The van der Waals surface area contributed by atoms with Gasteiger partial charge in [-0.25, -0.2) is 0 Å². The number of rotatable bonds is 4. The van der Waals surface area contributed by atoms with Gasteiger partial charge in [0, 0.05) is 43.3 Å². The highest BCUT2D eigenvalue weighted by molar-refractivity contribution is 6.31. The average molecular weight is 345 g/mol. The molecule has 122 valence electrons. The van der Waals surface area contributed by atoms with Crippen LogP contribution in [0, 0.1) is 5.92 Å². The predicted molar refractivity (Wildman–Crippen MR) is 89.8 cm³/mol. The minimum atomic E-state index is -0.108. The van der Waals surface area contributed by atoms with Crippen LogP contribution in [0.3, 0.4) is 0 Å². The van der Waals surface area contributed by atoms with Crippen molar-refractivity contribution in [1.82, 2.24) is 10.6 Å². The molecule has 3 rings (SSSR count). The molecule has 0 radical (unpaired) electrons. The highest BCUT2D eigenvalue weighted by atomic mass is 35.5. The molecule has 2 aliphatic heterocycles. The van der Waals surface area contributed by atoms with Gasteiger partial charge in [-0.2, -0.15) is 0 Å². The van der Waals surface area contributed by atoms with E-state index in [1.54, 1.807) is 0 Å². The van der Waals surface area contributed by atoms with Gasteiger partial charge in [-0.15, -0.1) is 12.4 Å². The van der Waals surface area contributed by atoms with Crippen LogP contribution in [-0.2, 0) is 14.9 Å². The lowest BCUT2D eigenvalue weighted by Gasteiger charge is -2.39. The highest BCUT2D eigenvalue weighted by Crippen LogP contribution is 2.38. The molecule has 1 aromatic carbocycles. The molecule has 0 saturated carbocycles. The first-order valence-electron chi connectivity index (χ1n) is 7.52. The largest absolute Gasteiger partial charge is 0.381 e. The number of carbonyl (C=O) groups is 1. The van der Waals surface area contributed by atoms with E-state index in [-0.39, 0.29) is 29.6 Å². The molecule has 6 heteroatoms. The Kier molecular flexibility index (Phi) is 6.09. The smallest absolute Gasteiger partial charge is 0.225 e. The molecular formula is C16H22Cl2N2O2. The quantitative estimate of drug-likeness (QED) is 0.879. The van der Waals surface area contributed by atoms with Gasteiger partial charge in [-0.1, -0.05) is 29.8 Å². The Hall–Kier alpha value is -0.810. The third-order valence-electron chi connectivity index (χ3n) is 4.65. The van der Waals surface area contributed by atoms with Crippen molar-refractivity contribution < 1.29 is 9.53 Å². The number of amides is 1. The minimum Gasteiger partial charge on any atom is -0.381 e. The van der Waals surface area contributed by atoms with E-state index in [4.69, 9.17) is 16.3 Å². The van der Waals surface area contributed by atoms with Crippen LogP contribution in [0.1, 0.15) is 18.4 Å². The maximum atomic E-state index is 12.1. The number of nitrogens with one attached hydrogen (secondary N) is 2. The van der Waals surface area contributed by atoms with Crippen LogP contribution < -0.4 is 10.6 Å². The second-order valence-corrected chi connectivity index (χ2v) is 6.35. The van der Waals surface area contributed by atoms with Gasteiger partial charge in [0.2, 0.25) is 5.91 Å². The van der Waals surface area contributed by atoms with Crippen LogP contribution in [0.25, 0.3) is 0 Å². The summed E-state index contributed by atoms with van der Waals surface area (Å²) in [5.74, 6) is 0.264. The molecule has 2 saturated heterocycles. The highest BCUT2D eigenvalue weighted by Gasteiger charge is 2.37. The monoisotopic (exact) mass is 344 g/mol. The van der Waals surface area contributed by atoms with Gasteiger partial charge in [0.15, 0.2) is 0 Å². The lowest BCUT2D eigenvalue weighted by atomic mass is 9.74. The molecule has 1 amide bonds. The van der Waals surface area contributed by atoms with Crippen molar-refractivity contribution in [2.75, 3.05) is 32.8 Å². The van der Waals surface area contributed by atoms with E-state index in [2.05, 4.69) is 16.7 Å². The fourth-order valence-electron chi connectivity index (χ4n) is 3.07. The molecule has 0 spiro atoms. The third-order valence-corrected chi connectivity index (χ3v) is 4.98. The first kappa shape index (κ1) is 17.5. The topological polar surface area (TPSA) is 50.4 Å². The average Bonchev–Trinajstić information content (AvgIpc) is 2.45. The predicted octanol–water partition coefficient (Wildman–Crippen LogP) is 2.15. The van der Waals surface area contributed by atoms with E-state index in [9.17, 15) is 4.79 Å². The van der Waals surface area contributed by atoms with E-state index in [1.807, 2.05) is 18.2 Å². The lowest BCUT2D eigenvalue weighted by molar-refractivity contribution is -0.126. The normalized spacial score (nSPS) is 20.6. The number of hydrogen-bond donors (Lipinski definition) is 2. The molecule has 2 fully saturated rings. The molecule has 22 heavy (non-hydrogen) atoms. The van der Waals surface area contributed by atoms with Gasteiger partial charge in [0.1, 0.15) is 0 Å². The number of hydrogen-bond acceptors (Lipinski definition) is 3. The second-order valence-electron chi connectivity index (χ2n) is 5.95. The maximum absolute atomic E-state index is 12.1. The summed E-state index contributed by atoms with van der Waals surface area (Å²) in [5, 5.41) is 7.03. The summed E-state index contributed by atoms with van der Waals surface area (Å²) >= 11 is 6.40. The molecule has 2 N–H and O–H groups in total. The van der Waals surface area contributed by atoms with Gasteiger partial charge in [-0.3, -0.25) is 4.79 Å². The number of benzene rings is 1. The zero-order valence-corrected chi connectivity index (χ0v) is 14.0. The van der Waals surface area contributed by atoms with Crippen LogP contribution in [0.15, 0.2) is 24.3 Å². The van der Waals surface area contributed by atoms with E-state index >= 15 is 0 Å². The zero-order valence-electron chi connectivity index (χ0n) is 12.4. The van der Waals surface area contributed by atoms with Crippen LogP contribution in [0.5, 0.6) is 0 Å². The molecule has 0 aliphatic carbocycles. The van der Waals surface area contributed by atoms with Crippen LogP contribution >= 0.6 is 24.0 Å². The number of ether oxygens (including phenoxy) is 1. The lowest BCUT2D eigenvalue weighted by Crippen LogP contribution is -2.53. The molecule has 0 aromatic heterocycles. The van der Waals surface area contributed by atoms with Gasteiger partial charge in [0.05, 0.1) is 5.92 Å². The first-order valence-corrected chi connectivity index (χ1v) is 7.90. The Bertz CT molecular complexity index is 515. The minimum absolute atomic E-state index is 0. The Morgan fingerprint density at radius 2 is 2.00 bits per heavy atom. The second kappa shape index (κ2) is 7.64. The third kappa shape index (κ3) is 3.57. The van der Waals surface area contributed by atoms with E-state index in [0.717, 1.165) is 36.5 Å². The van der Waals surface area contributed by atoms with E-state index in [1.165, 1.54) is 0 Å². The van der Waals surface area contributed by atoms with Gasteiger partial charge < -0.3 is 15.4 Å². The van der Waals surface area contributed by atoms with Crippen molar-refractivity contribution >= 4 is 29.9 Å². The molecule has 1 aromatic rings. The van der Waals surface area contributed by atoms with Gasteiger partial charge in [-0.05, 0) is 24.5 Å². The van der Waals surface area contributed by atoms with Crippen molar-refractivity contribution in [2.24, 2.45) is 5.92 Å². The van der Waals surface area contributed by atoms with E-state index in [0.29, 0.717) is 19.8 Å². The zero-order chi connectivity index (χ0) is 14.7. The summed E-state index contributed by atoms with van der Waals surface area (Å²) in [4.78, 5) is 12.1. The Morgan fingerprint density at radius 3 is 2.59 bits per heavy atom. The van der Waals surface area contributed by atoms with Crippen molar-refractivity contribution in [3.63, 3.8) is 0 Å². The van der Waals surface area contributed by atoms with Crippen molar-refractivity contribution in [3.05, 3.63) is 34.9 Å². The van der Waals surface area contributed by atoms with Crippen molar-refractivity contribution in [3.8, 4) is 0 Å². The molecule has 0 atom stereocenters. The summed E-state index contributed by atoms with van der Waals surface area (Å²) in [6.07, 6.45) is 1.78. The van der Waals surface area contributed by atoms with Crippen LogP contribution in [-0.4, -0.2) is 38.8 Å². The van der Waals surface area contributed by atoms with E-state index < -0.39 is 0 Å². The summed E-state index contributed by atoms with van der Waals surface area (Å²) in [7, 11) is 0. The SMILES string of the molecule is Cl.O=C(NCC1(c2ccccc2Cl)CCOCC1)C1CNC1. The Labute approximate surface area is 142 Å². The molecular weight excluding hydrogens is 323 g/mol. The summed E-state index contributed by atoms with van der Waals surface area (Å²) in [5.41, 5.74) is 1.02. The van der Waals surface area contributed by atoms with Crippen molar-refractivity contribution in [2.45, 2.75) is 18.3 Å². The molecule has 2 heterocycles. The maximum Gasteiger partial charge on any atom is 0.225 e. The summed E-state index contributed by atoms with van der Waals surface area (Å²) in [6.45, 7) is 3.63. The van der Waals surface area contributed by atoms with Gasteiger partial charge in [0.25, 0.3) is 0 Å². The summed E-state index contributed by atoms with van der Waals surface area (Å²) < 4.78 is 5.51. The standard InChI is InChI=1S/C16H21ClN2O2.ClH/c17-14-4-2-1-3-13(14)16(5-7-21-8-6-16)11-19-15(20)12-9-18-10-12;/h1-4,12,18H,5-11H2,(H,19,20);1H. The molecule has 0 unspecified atom stereocenters. The molecule has 4 nitrogen and oxygen atoms in total. The molecule has 2 aliphatic rings. The molecule has 0 bridgehead atoms. The van der Waals surface area contributed by atoms with Crippen molar-refractivity contribution in [1.29, 1.82) is 0 Å². The fraction of sp³-hybridized carbons (Fsp3) is 0.562. The number of carbonyl (C=O) groups excluding carboxylic acids is 1. The Balaban J connectivity index is 0.00000176. The summed E-state index contributed by atoms with van der Waals surface area (Å²) in [6, 6.07) is 7.95. The fourth-order valence-corrected chi connectivity index (χ4v) is 3.41. The Morgan fingerprint density at radius 1 is 1.32 bits per heavy atom. The van der Waals surface area contributed by atoms with Crippen LogP contribution in [0.2, 0.25) is 5.02 Å². The van der Waals surface area contributed by atoms with Crippen LogP contribution in [0.4, 0.5) is 0 Å².